The Labute approximate surface area is 118 Å². The summed E-state index contributed by atoms with van der Waals surface area (Å²) in [4.78, 5) is 37.0. The van der Waals surface area contributed by atoms with Crippen LogP contribution in [-0.2, 0) is 9.59 Å². The third-order valence-electron chi connectivity index (χ3n) is 3.54. The van der Waals surface area contributed by atoms with Gasteiger partial charge in [0.05, 0.1) is 0 Å². The molecule has 0 aromatic carbocycles. The number of rotatable bonds is 5. The van der Waals surface area contributed by atoms with Gasteiger partial charge in [0.15, 0.2) is 0 Å². The molecule has 1 atom stereocenters. The first-order valence-electron chi connectivity index (χ1n) is 7.01. The summed E-state index contributed by atoms with van der Waals surface area (Å²) in [6, 6.07) is -0.297. The first-order valence-corrected chi connectivity index (χ1v) is 7.01. The van der Waals surface area contributed by atoms with Crippen LogP contribution in [0.15, 0.2) is 0 Å². The topological polar surface area (TPSA) is 104 Å². The van der Waals surface area contributed by atoms with Crippen LogP contribution in [0.4, 0.5) is 4.79 Å². The minimum absolute atomic E-state index is 0.106. The third kappa shape index (κ3) is 4.71. The van der Waals surface area contributed by atoms with Crippen LogP contribution >= 0.6 is 0 Å². The van der Waals surface area contributed by atoms with Crippen molar-refractivity contribution >= 4 is 17.9 Å². The molecule has 0 saturated carbocycles. The zero-order valence-electron chi connectivity index (χ0n) is 11.9. The third-order valence-corrected chi connectivity index (χ3v) is 3.54. The van der Waals surface area contributed by atoms with Crippen LogP contribution < -0.4 is 5.73 Å². The van der Waals surface area contributed by atoms with Crippen LogP contribution in [0.2, 0.25) is 0 Å². The highest BCUT2D eigenvalue weighted by atomic mass is 16.4. The first-order chi connectivity index (χ1) is 9.45. The van der Waals surface area contributed by atoms with Crippen molar-refractivity contribution in [2.75, 3.05) is 19.6 Å². The molecular weight excluding hydrogens is 262 g/mol. The van der Waals surface area contributed by atoms with E-state index >= 15 is 0 Å². The number of carboxylic acids is 1. The molecule has 20 heavy (non-hydrogen) atoms. The maximum Gasteiger partial charge on any atom is 0.323 e. The lowest BCUT2D eigenvalue weighted by Crippen LogP contribution is -2.51. The number of carboxylic acid groups (broad SMARTS) is 1. The molecule has 0 aromatic heterocycles. The highest BCUT2D eigenvalue weighted by molar-refractivity contribution is 5.86. The Morgan fingerprint density at radius 3 is 2.50 bits per heavy atom. The Morgan fingerprint density at radius 1 is 1.25 bits per heavy atom. The molecule has 1 fully saturated rings. The molecule has 114 valence electrons. The van der Waals surface area contributed by atoms with Crippen molar-refractivity contribution in [2.45, 2.75) is 45.1 Å². The van der Waals surface area contributed by atoms with E-state index in [1.807, 2.05) is 6.92 Å². The highest BCUT2D eigenvalue weighted by Crippen LogP contribution is 2.20. The molecule has 1 aliphatic rings. The molecule has 7 heteroatoms. The van der Waals surface area contributed by atoms with Crippen molar-refractivity contribution in [3.8, 4) is 0 Å². The number of carbonyl (C=O) groups is 3. The van der Waals surface area contributed by atoms with Crippen molar-refractivity contribution in [3.63, 3.8) is 0 Å². The van der Waals surface area contributed by atoms with E-state index in [0.717, 1.165) is 37.0 Å². The first kappa shape index (κ1) is 16.3. The molecule has 0 radical (unpaired) electrons. The van der Waals surface area contributed by atoms with Gasteiger partial charge in [-0.3, -0.25) is 9.59 Å². The summed E-state index contributed by atoms with van der Waals surface area (Å²) < 4.78 is 0. The van der Waals surface area contributed by atoms with Crippen molar-refractivity contribution in [1.82, 2.24) is 9.80 Å². The number of nitrogens with zero attached hydrogens (tertiary/aromatic N) is 2. The number of likely N-dealkylation sites (tertiary alicyclic amines) is 1. The summed E-state index contributed by atoms with van der Waals surface area (Å²) >= 11 is 0. The van der Waals surface area contributed by atoms with Crippen LogP contribution in [0.5, 0.6) is 0 Å². The largest absolute Gasteiger partial charge is 0.480 e. The van der Waals surface area contributed by atoms with Gasteiger partial charge >= 0.3 is 12.0 Å². The number of urea groups is 1. The fourth-order valence-corrected chi connectivity index (χ4v) is 2.58. The lowest BCUT2D eigenvalue weighted by Gasteiger charge is -2.33. The number of hydrogen-bond donors (Lipinski definition) is 2. The average molecular weight is 285 g/mol. The van der Waals surface area contributed by atoms with Crippen LogP contribution in [0.3, 0.4) is 0 Å². The summed E-state index contributed by atoms with van der Waals surface area (Å²) in [6.07, 6.45) is 4.77. The van der Waals surface area contributed by atoms with Gasteiger partial charge < -0.3 is 20.6 Å². The number of amides is 3. The number of carbonyl (C=O) groups excluding carboxylic acids is 2. The summed E-state index contributed by atoms with van der Waals surface area (Å²) in [7, 11) is 0. The Hall–Kier alpha value is -1.79. The zero-order chi connectivity index (χ0) is 15.1. The molecule has 7 nitrogen and oxygen atoms in total. The number of hydrogen-bond acceptors (Lipinski definition) is 3. The fourth-order valence-electron chi connectivity index (χ4n) is 2.58. The van der Waals surface area contributed by atoms with Gasteiger partial charge in [0.25, 0.3) is 0 Å². The van der Waals surface area contributed by atoms with Crippen molar-refractivity contribution in [2.24, 2.45) is 5.73 Å². The second-order valence-electron chi connectivity index (χ2n) is 5.10. The molecule has 0 aliphatic carbocycles. The fraction of sp³-hybridized carbons (Fsp3) is 0.769. The number of nitrogens with two attached hydrogens (primary N) is 1. The minimum atomic E-state index is -1.15. The van der Waals surface area contributed by atoms with E-state index in [1.54, 1.807) is 4.90 Å². The van der Waals surface area contributed by atoms with Gasteiger partial charge in [-0.2, -0.15) is 0 Å². The van der Waals surface area contributed by atoms with Gasteiger partial charge in [-0.15, -0.1) is 0 Å². The van der Waals surface area contributed by atoms with Gasteiger partial charge in [0.1, 0.15) is 13.1 Å². The van der Waals surface area contributed by atoms with Crippen molar-refractivity contribution < 1.29 is 19.5 Å². The predicted octanol–water partition coefficient (Wildman–Crippen LogP) is 0.633. The van der Waals surface area contributed by atoms with E-state index in [0.29, 0.717) is 6.54 Å². The molecular formula is C13H23N3O4. The van der Waals surface area contributed by atoms with Crippen molar-refractivity contribution in [3.05, 3.63) is 0 Å². The lowest BCUT2D eigenvalue weighted by molar-refractivity contribution is -0.138. The maximum absolute atomic E-state index is 12.5. The van der Waals surface area contributed by atoms with Gasteiger partial charge in [-0.1, -0.05) is 19.8 Å². The SMILES string of the molecule is CCC1CCCCCN1C(=O)N(CC(N)=O)CC(=O)O. The van der Waals surface area contributed by atoms with Crippen LogP contribution in [0.1, 0.15) is 39.0 Å². The van der Waals surface area contributed by atoms with Crippen molar-refractivity contribution in [1.29, 1.82) is 0 Å². The lowest BCUT2D eigenvalue weighted by atomic mass is 10.1. The van der Waals surface area contributed by atoms with E-state index in [-0.39, 0.29) is 12.6 Å². The highest BCUT2D eigenvalue weighted by Gasteiger charge is 2.29. The standard InChI is InChI=1S/C13H23N3O4/c1-2-10-6-4-3-5-7-16(10)13(20)15(8-11(14)17)9-12(18)19/h10H,2-9H2,1H3,(H2,14,17)(H,18,19). The molecule has 3 amide bonds. The Kier molecular flexibility index (Phi) is 6.27. The Bertz CT molecular complexity index is 357. The zero-order valence-corrected chi connectivity index (χ0v) is 11.9. The Balaban J connectivity index is 2.83. The normalized spacial score (nSPS) is 19.2. The van der Waals surface area contributed by atoms with E-state index in [9.17, 15) is 14.4 Å². The quantitative estimate of drug-likeness (QED) is 0.773. The Morgan fingerprint density at radius 2 is 1.95 bits per heavy atom. The molecule has 1 unspecified atom stereocenters. The number of aliphatic carboxylic acids is 1. The van der Waals surface area contributed by atoms with E-state index in [4.69, 9.17) is 10.8 Å². The van der Waals surface area contributed by atoms with Gasteiger partial charge in [0.2, 0.25) is 5.91 Å². The van der Waals surface area contributed by atoms with Crippen LogP contribution in [0.25, 0.3) is 0 Å². The molecule has 1 heterocycles. The number of primary amides is 1. The summed E-state index contributed by atoms with van der Waals surface area (Å²) in [5, 5.41) is 8.86. The van der Waals surface area contributed by atoms with Gasteiger partial charge in [-0.25, -0.2) is 4.79 Å². The van der Waals surface area contributed by atoms with Gasteiger partial charge in [0, 0.05) is 12.6 Å². The summed E-state index contributed by atoms with van der Waals surface area (Å²) in [5.74, 6) is -1.86. The molecule has 1 saturated heterocycles. The van der Waals surface area contributed by atoms with Crippen LogP contribution in [-0.4, -0.2) is 58.5 Å². The summed E-state index contributed by atoms with van der Waals surface area (Å²) in [5.41, 5.74) is 5.09. The molecule has 0 spiro atoms. The maximum atomic E-state index is 12.5. The van der Waals surface area contributed by atoms with Crippen LogP contribution in [0, 0.1) is 0 Å². The molecule has 0 bridgehead atoms. The monoisotopic (exact) mass is 285 g/mol. The average Bonchev–Trinajstić information content (AvgIpc) is 2.60. The van der Waals surface area contributed by atoms with E-state index < -0.39 is 24.5 Å². The second-order valence-corrected chi connectivity index (χ2v) is 5.10. The smallest absolute Gasteiger partial charge is 0.323 e. The molecule has 1 aliphatic heterocycles. The van der Waals surface area contributed by atoms with Gasteiger partial charge in [-0.05, 0) is 19.3 Å². The van der Waals surface area contributed by atoms with E-state index in [1.165, 1.54) is 0 Å². The second kappa shape index (κ2) is 7.72. The predicted molar refractivity (Wildman–Crippen MR) is 73.1 cm³/mol. The molecule has 1 rings (SSSR count). The van der Waals surface area contributed by atoms with E-state index in [2.05, 4.69) is 0 Å². The molecule has 0 aromatic rings. The minimum Gasteiger partial charge on any atom is -0.480 e. The molecule has 3 N–H and O–H groups in total. The summed E-state index contributed by atoms with van der Waals surface area (Å²) in [6.45, 7) is 1.74.